The van der Waals surface area contributed by atoms with E-state index < -0.39 is 0 Å². The third-order valence-electron chi connectivity index (χ3n) is 5.61. The highest BCUT2D eigenvalue weighted by atomic mass is 16.5. The van der Waals surface area contributed by atoms with Crippen molar-refractivity contribution in [3.63, 3.8) is 0 Å². The van der Waals surface area contributed by atoms with E-state index in [0.29, 0.717) is 0 Å². The maximum atomic E-state index is 5.39. The first-order valence-corrected chi connectivity index (χ1v) is 9.41. The molecule has 2 heterocycles. The Balaban J connectivity index is 1.79. The van der Waals surface area contributed by atoms with Gasteiger partial charge in [-0.2, -0.15) is 0 Å². The van der Waals surface area contributed by atoms with E-state index in [9.17, 15) is 0 Å². The summed E-state index contributed by atoms with van der Waals surface area (Å²) in [5, 5.41) is 4.96. The molecule has 0 aliphatic carbocycles. The zero-order chi connectivity index (χ0) is 18.7. The Labute approximate surface area is 161 Å². The minimum Gasteiger partial charge on any atom is -0.497 e. The van der Waals surface area contributed by atoms with Gasteiger partial charge in [-0.15, -0.1) is 0 Å². The molecular weight excluding hydrogens is 344 g/mol. The summed E-state index contributed by atoms with van der Waals surface area (Å²) >= 11 is 0. The number of methoxy groups -OCH3 is 1. The molecule has 0 saturated heterocycles. The zero-order valence-electron chi connectivity index (χ0n) is 15.4. The third-order valence-corrected chi connectivity index (χ3v) is 5.61. The van der Waals surface area contributed by atoms with Crippen LogP contribution in [0.5, 0.6) is 5.75 Å². The van der Waals surface area contributed by atoms with E-state index >= 15 is 0 Å². The van der Waals surface area contributed by atoms with Gasteiger partial charge in [-0.3, -0.25) is 0 Å². The standard InChI is InChI=1S/C25H18N2O/c1-28-17-11-12-18-20-15-25-21(14-23(20)26-22(18)13-17)19-9-5-6-10-24(19)27(25)16-7-3-2-4-8-16/h2-15,26H,1H3. The Morgan fingerprint density at radius 2 is 1.43 bits per heavy atom. The number of ether oxygens (including phenoxy) is 1. The molecule has 6 aromatic rings. The van der Waals surface area contributed by atoms with Crippen LogP contribution in [0.1, 0.15) is 0 Å². The Kier molecular flexibility index (Phi) is 3.09. The molecule has 2 aromatic heterocycles. The van der Waals surface area contributed by atoms with Gasteiger partial charge in [-0.1, -0.05) is 36.4 Å². The molecule has 0 atom stereocenters. The number of aromatic nitrogens is 2. The monoisotopic (exact) mass is 362 g/mol. The number of nitrogens with one attached hydrogen (secondary N) is 1. The fraction of sp³-hybridized carbons (Fsp3) is 0.0400. The number of hydrogen-bond donors (Lipinski definition) is 1. The van der Waals surface area contributed by atoms with E-state index in [1.165, 1.54) is 38.3 Å². The molecule has 0 saturated carbocycles. The van der Waals surface area contributed by atoms with Gasteiger partial charge in [0.25, 0.3) is 0 Å². The van der Waals surface area contributed by atoms with Crippen LogP contribution < -0.4 is 4.74 Å². The summed E-state index contributed by atoms with van der Waals surface area (Å²) in [6, 6.07) is 30.0. The van der Waals surface area contributed by atoms with Crippen molar-refractivity contribution in [1.29, 1.82) is 0 Å². The maximum Gasteiger partial charge on any atom is 0.120 e. The Bertz CT molecular complexity index is 1490. The SMILES string of the molecule is COc1ccc2c(c1)[nH]c1cc3c4ccccc4n(-c4ccccc4)c3cc12. The number of para-hydroxylation sites is 2. The summed E-state index contributed by atoms with van der Waals surface area (Å²) in [7, 11) is 1.70. The van der Waals surface area contributed by atoms with E-state index in [1.807, 2.05) is 6.07 Å². The van der Waals surface area contributed by atoms with Crippen LogP contribution >= 0.6 is 0 Å². The Morgan fingerprint density at radius 1 is 0.643 bits per heavy atom. The van der Waals surface area contributed by atoms with Gasteiger partial charge >= 0.3 is 0 Å². The second-order valence-electron chi connectivity index (χ2n) is 7.14. The fourth-order valence-corrected chi connectivity index (χ4v) is 4.33. The van der Waals surface area contributed by atoms with Crippen LogP contribution in [0, 0.1) is 0 Å². The van der Waals surface area contributed by atoms with Crippen LogP contribution in [0.25, 0.3) is 49.3 Å². The maximum absolute atomic E-state index is 5.39. The predicted molar refractivity (Wildman–Crippen MR) is 117 cm³/mol. The lowest BCUT2D eigenvalue weighted by atomic mass is 10.1. The number of nitrogens with zero attached hydrogens (tertiary/aromatic N) is 1. The van der Waals surface area contributed by atoms with Gasteiger partial charge in [0.05, 0.1) is 23.7 Å². The lowest BCUT2D eigenvalue weighted by molar-refractivity contribution is 0.415. The van der Waals surface area contributed by atoms with E-state index in [1.54, 1.807) is 7.11 Å². The molecule has 0 spiro atoms. The number of hydrogen-bond acceptors (Lipinski definition) is 1. The van der Waals surface area contributed by atoms with Gasteiger partial charge in [-0.05, 0) is 42.5 Å². The minimum absolute atomic E-state index is 0.864. The minimum atomic E-state index is 0.864. The second kappa shape index (κ2) is 5.64. The van der Waals surface area contributed by atoms with Crippen molar-refractivity contribution in [1.82, 2.24) is 9.55 Å². The van der Waals surface area contributed by atoms with E-state index in [4.69, 9.17) is 4.74 Å². The van der Waals surface area contributed by atoms with Crippen molar-refractivity contribution in [3.05, 3.63) is 84.9 Å². The van der Waals surface area contributed by atoms with Crippen LogP contribution in [0.4, 0.5) is 0 Å². The van der Waals surface area contributed by atoms with Crippen LogP contribution in [-0.4, -0.2) is 16.7 Å². The van der Waals surface area contributed by atoms with E-state index in [0.717, 1.165) is 16.8 Å². The molecule has 0 aliphatic rings. The number of benzene rings is 4. The van der Waals surface area contributed by atoms with Crippen molar-refractivity contribution >= 4 is 43.6 Å². The smallest absolute Gasteiger partial charge is 0.120 e. The van der Waals surface area contributed by atoms with Gasteiger partial charge in [-0.25, -0.2) is 0 Å². The number of rotatable bonds is 2. The quantitative estimate of drug-likeness (QED) is 0.378. The normalized spacial score (nSPS) is 11.8. The van der Waals surface area contributed by atoms with Crippen molar-refractivity contribution in [2.45, 2.75) is 0 Å². The molecular formula is C25H18N2O. The third kappa shape index (κ3) is 2.04. The second-order valence-corrected chi connectivity index (χ2v) is 7.14. The van der Waals surface area contributed by atoms with Crippen LogP contribution in [0.3, 0.4) is 0 Å². The summed E-state index contributed by atoms with van der Waals surface area (Å²) in [5.41, 5.74) is 5.86. The van der Waals surface area contributed by atoms with Crippen LogP contribution in [-0.2, 0) is 0 Å². The van der Waals surface area contributed by atoms with Crippen molar-refractivity contribution in [2.75, 3.05) is 7.11 Å². The van der Waals surface area contributed by atoms with Crippen LogP contribution in [0.15, 0.2) is 84.9 Å². The molecule has 28 heavy (non-hydrogen) atoms. The van der Waals surface area contributed by atoms with E-state index in [-0.39, 0.29) is 0 Å². The number of fused-ring (bicyclic) bond motifs is 6. The molecule has 6 rings (SSSR count). The molecule has 0 amide bonds. The first-order chi connectivity index (χ1) is 13.8. The summed E-state index contributed by atoms with van der Waals surface area (Å²) in [4.78, 5) is 3.57. The summed E-state index contributed by atoms with van der Waals surface area (Å²) in [5.74, 6) is 0.864. The largest absolute Gasteiger partial charge is 0.497 e. The molecule has 1 N–H and O–H groups in total. The average Bonchev–Trinajstić information content (AvgIpc) is 3.27. The lowest BCUT2D eigenvalue weighted by Crippen LogP contribution is -1.92. The summed E-state index contributed by atoms with van der Waals surface area (Å²) < 4.78 is 7.74. The molecule has 3 nitrogen and oxygen atoms in total. The molecule has 0 aliphatic heterocycles. The van der Waals surface area contributed by atoms with Gasteiger partial charge in [0.15, 0.2) is 0 Å². The highest BCUT2D eigenvalue weighted by Crippen LogP contribution is 2.37. The molecule has 134 valence electrons. The molecule has 4 aromatic carbocycles. The molecule has 0 fully saturated rings. The summed E-state index contributed by atoms with van der Waals surface area (Å²) in [6.45, 7) is 0. The van der Waals surface area contributed by atoms with Crippen LogP contribution in [0.2, 0.25) is 0 Å². The molecule has 0 unspecified atom stereocenters. The average molecular weight is 362 g/mol. The predicted octanol–water partition coefficient (Wildman–Crippen LogP) is 6.43. The van der Waals surface area contributed by atoms with Crippen molar-refractivity contribution in [3.8, 4) is 11.4 Å². The highest BCUT2D eigenvalue weighted by Gasteiger charge is 2.15. The van der Waals surface area contributed by atoms with Gasteiger partial charge in [0.1, 0.15) is 5.75 Å². The first kappa shape index (κ1) is 15.3. The van der Waals surface area contributed by atoms with Gasteiger partial charge < -0.3 is 14.3 Å². The Hall–Kier alpha value is -3.72. The van der Waals surface area contributed by atoms with Gasteiger partial charge in [0, 0.05) is 38.8 Å². The first-order valence-electron chi connectivity index (χ1n) is 9.41. The number of aromatic amines is 1. The zero-order valence-corrected chi connectivity index (χ0v) is 15.4. The van der Waals surface area contributed by atoms with Crippen molar-refractivity contribution < 1.29 is 4.74 Å². The summed E-state index contributed by atoms with van der Waals surface area (Å²) in [6.07, 6.45) is 0. The van der Waals surface area contributed by atoms with Crippen molar-refractivity contribution in [2.24, 2.45) is 0 Å². The topological polar surface area (TPSA) is 29.9 Å². The molecule has 3 heteroatoms. The van der Waals surface area contributed by atoms with Gasteiger partial charge in [0.2, 0.25) is 0 Å². The molecule has 0 radical (unpaired) electrons. The fourth-order valence-electron chi connectivity index (χ4n) is 4.33. The highest BCUT2D eigenvalue weighted by molar-refractivity contribution is 6.18. The molecule has 0 bridgehead atoms. The van der Waals surface area contributed by atoms with E-state index in [2.05, 4.69) is 88.4 Å². The Morgan fingerprint density at radius 3 is 2.29 bits per heavy atom. The lowest BCUT2D eigenvalue weighted by Gasteiger charge is -2.07. The number of H-pyrrole nitrogens is 1.